The fourth-order valence-electron chi connectivity index (χ4n) is 3.63. The summed E-state index contributed by atoms with van der Waals surface area (Å²) < 4.78 is 27.5. The van der Waals surface area contributed by atoms with Gasteiger partial charge in [0.1, 0.15) is 0 Å². The third-order valence-electron chi connectivity index (χ3n) is 5.01. The first kappa shape index (κ1) is 18.4. The van der Waals surface area contributed by atoms with Gasteiger partial charge in [-0.3, -0.25) is 4.79 Å². The average molecular weight is 365 g/mol. The summed E-state index contributed by atoms with van der Waals surface area (Å²) in [5.41, 5.74) is 1.86. The molecular formula is C19H28N2O3S. The van der Waals surface area contributed by atoms with Crippen molar-refractivity contribution in [2.24, 2.45) is 5.92 Å². The van der Waals surface area contributed by atoms with E-state index in [2.05, 4.69) is 0 Å². The summed E-state index contributed by atoms with van der Waals surface area (Å²) in [4.78, 5) is 14.8. The Hall–Kier alpha value is -1.40. The van der Waals surface area contributed by atoms with Crippen molar-refractivity contribution in [3.8, 4) is 0 Å². The molecule has 0 bridgehead atoms. The Morgan fingerprint density at radius 1 is 1.20 bits per heavy atom. The van der Waals surface area contributed by atoms with Gasteiger partial charge in [-0.1, -0.05) is 13.8 Å². The van der Waals surface area contributed by atoms with Gasteiger partial charge in [0.2, 0.25) is 15.9 Å². The molecule has 25 heavy (non-hydrogen) atoms. The molecule has 1 atom stereocenters. The molecule has 0 saturated heterocycles. The van der Waals surface area contributed by atoms with Crippen LogP contribution in [0, 0.1) is 5.92 Å². The fourth-order valence-corrected chi connectivity index (χ4v) is 5.31. The van der Waals surface area contributed by atoms with E-state index in [0.717, 1.165) is 43.4 Å². The van der Waals surface area contributed by atoms with Gasteiger partial charge in [-0.2, -0.15) is 4.31 Å². The Morgan fingerprint density at radius 2 is 1.84 bits per heavy atom. The minimum Gasteiger partial charge on any atom is -0.309 e. The Bertz CT molecular complexity index is 750. The van der Waals surface area contributed by atoms with Crippen LogP contribution >= 0.6 is 0 Å². The highest BCUT2D eigenvalue weighted by molar-refractivity contribution is 7.89. The van der Waals surface area contributed by atoms with Crippen molar-refractivity contribution in [3.63, 3.8) is 0 Å². The Morgan fingerprint density at radius 3 is 2.40 bits per heavy atom. The number of carbonyl (C=O) groups excluding carboxylic acids is 1. The van der Waals surface area contributed by atoms with Crippen LogP contribution in [0.25, 0.3) is 0 Å². The lowest BCUT2D eigenvalue weighted by Crippen LogP contribution is -2.36. The number of anilines is 1. The quantitative estimate of drug-likeness (QED) is 0.747. The summed E-state index contributed by atoms with van der Waals surface area (Å²) >= 11 is 0. The summed E-state index contributed by atoms with van der Waals surface area (Å²) in [6.45, 7) is 7.09. The molecule has 1 aliphatic heterocycles. The normalized spacial score (nSPS) is 20.2. The number of rotatable bonds is 7. The highest BCUT2D eigenvalue weighted by Gasteiger charge is 2.40. The van der Waals surface area contributed by atoms with Gasteiger partial charge < -0.3 is 4.90 Å². The van der Waals surface area contributed by atoms with Crippen molar-refractivity contribution in [2.45, 2.75) is 63.8 Å². The molecule has 5 nitrogen and oxygen atoms in total. The second-order valence-electron chi connectivity index (χ2n) is 7.23. The van der Waals surface area contributed by atoms with E-state index in [1.807, 2.05) is 31.7 Å². The first-order chi connectivity index (χ1) is 11.9. The summed E-state index contributed by atoms with van der Waals surface area (Å²) in [5.74, 6) is 0.363. The molecule has 0 spiro atoms. The van der Waals surface area contributed by atoms with Crippen molar-refractivity contribution in [2.75, 3.05) is 18.0 Å². The number of amides is 1. The van der Waals surface area contributed by atoms with Crippen LogP contribution in [0.1, 0.15) is 52.0 Å². The first-order valence-electron chi connectivity index (χ1n) is 9.36. The number of hydrogen-bond donors (Lipinski definition) is 0. The lowest BCUT2D eigenvalue weighted by molar-refractivity contribution is -0.120. The van der Waals surface area contributed by atoms with Gasteiger partial charge in [-0.15, -0.1) is 0 Å². The average Bonchev–Trinajstić information content (AvgIpc) is 3.36. The number of benzene rings is 1. The molecule has 6 heteroatoms. The van der Waals surface area contributed by atoms with Gasteiger partial charge in [-0.05, 0) is 62.8 Å². The molecule has 0 radical (unpaired) electrons. The van der Waals surface area contributed by atoms with E-state index in [1.54, 1.807) is 16.4 Å². The van der Waals surface area contributed by atoms with Crippen LogP contribution in [0.2, 0.25) is 0 Å². The summed E-state index contributed by atoms with van der Waals surface area (Å²) in [6.07, 6.45) is 4.27. The molecule has 138 valence electrons. The van der Waals surface area contributed by atoms with Crippen LogP contribution < -0.4 is 4.90 Å². The van der Waals surface area contributed by atoms with E-state index in [0.29, 0.717) is 18.0 Å². The van der Waals surface area contributed by atoms with Crippen molar-refractivity contribution in [1.29, 1.82) is 0 Å². The lowest BCUT2D eigenvalue weighted by Gasteiger charge is -2.23. The van der Waals surface area contributed by atoms with Gasteiger partial charge >= 0.3 is 0 Å². The second-order valence-corrected chi connectivity index (χ2v) is 9.17. The number of sulfonamides is 1. The molecule has 1 aromatic carbocycles. The zero-order valence-corrected chi connectivity index (χ0v) is 16.2. The van der Waals surface area contributed by atoms with E-state index < -0.39 is 10.0 Å². The molecule has 1 heterocycles. The zero-order chi connectivity index (χ0) is 18.2. The summed E-state index contributed by atoms with van der Waals surface area (Å²) in [7, 11) is -3.48. The third kappa shape index (κ3) is 3.47. The predicted octanol–water partition coefficient (Wildman–Crippen LogP) is 3.18. The number of nitrogens with zero attached hydrogens (tertiary/aromatic N) is 2. The van der Waals surface area contributed by atoms with Crippen LogP contribution in [0.3, 0.4) is 0 Å². The molecule has 3 rings (SSSR count). The fraction of sp³-hybridized carbons (Fsp3) is 0.632. The van der Waals surface area contributed by atoms with E-state index >= 15 is 0 Å². The highest BCUT2D eigenvalue weighted by Crippen LogP contribution is 2.39. The molecule has 1 saturated carbocycles. The van der Waals surface area contributed by atoms with E-state index in [9.17, 15) is 13.2 Å². The monoisotopic (exact) mass is 364 g/mol. The predicted molar refractivity (Wildman–Crippen MR) is 99.2 cm³/mol. The van der Waals surface area contributed by atoms with Crippen LogP contribution in [-0.4, -0.2) is 37.8 Å². The van der Waals surface area contributed by atoms with Gasteiger partial charge in [-0.25, -0.2) is 8.42 Å². The maximum atomic E-state index is 13.0. The molecule has 1 amide bonds. The zero-order valence-electron chi connectivity index (χ0n) is 15.4. The molecule has 1 aromatic rings. The number of hydrogen-bond acceptors (Lipinski definition) is 3. The second kappa shape index (κ2) is 7.08. The Kier molecular flexibility index (Phi) is 5.21. The Labute approximate surface area is 151 Å². The maximum Gasteiger partial charge on any atom is 0.243 e. The van der Waals surface area contributed by atoms with E-state index in [-0.39, 0.29) is 17.9 Å². The van der Waals surface area contributed by atoms with Gasteiger partial charge in [0.25, 0.3) is 0 Å². The van der Waals surface area contributed by atoms with Crippen molar-refractivity contribution in [3.05, 3.63) is 23.8 Å². The van der Waals surface area contributed by atoms with Crippen LogP contribution in [0.15, 0.2) is 23.1 Å². The minimum atomic E-state index is -3.48. The topological polar surface area (TPSA) is 57.7 Å². The van der Waals surface area contributed by atoms with Crippen molar-refractivity contribution < 1.29 is 13.2 Å². The first-order valence-corrected chi connectivity index (χ1v) is 10.8. The summed E-state index contributed by atoms with van der Waals surface area (Å²) in [6, 6.07) is 5.36. The smallest absolute Gasteiger partial charge is 0.243 e. The number of fused-ring (bicyclic) bond motifs is 1. The largest absolute Gasteiger partial charge is 0.309 e. The van der Waals surface area contributed by atoms with Crippen LogP contribution in [0.5, 0.6) is 0 Å². The molecule has 2 aliphatic rings. The molecular weight excluding hydrogens is 336 g/mol. The van der Waals surface area contributed by atoms with Gasteiger partial charge in [0.15, 0.2) is 0 Å². The van der Waals surface area contributed by atoms with Crippen LogP contribution in [0.4, 0.5) is 5.69 Å². The SMILES string of the molecule is CCCN(CCC)S(=O)(=O)c1ccc2c(c1)CC(C)N2C(=O)C1CC1. The summed E-state index contributed by atoms with van der Waals surface area (Å²) in [5, 5.41) is 0. The highest BCUT2D eigenvalue weighted by atomic mass is 32.2. The molecule has 1 aliphatic carbocycles. The van der Waals surface area contributed by atoms with Crippen molar-refractivity contribution in [1.82, 2.24) is 4.31 Å². The maximum absolute atomic E-state index is 13.0. The molecule has 1 fully saturated rings. The third-order valence-corrected chi connectivity index (χ3v) is 6.91. The standard InChI is InChI=1S/C19H28N2O3S/c1-4-10-20(11-5-2)25(23,24)17-8-9-18-16(13-17)12-14(3)21(18)19(22)15-6-7-15/h8-9,13-15H,4-7,10-12H2,1-3H3. The lowest BCUT2D eigenvalue weighted by atomic mass is 10.1. The molecule has 0 N–H and O–H groups in total. The van der Waals surface area contributed by atoms with Crippen LogP contribution in [-0.2, 0) is 21.2 Å². The van der Waals surface area contributed by atoms with E-state index in [4.69, 9.17) is 0 Å². The van der Waals surface area contributed by atoms with Crippen molar-refractivity contribution >= 4 is 21.6 Å². The molecule has 0 aromatic heterocycles. The minimum absolute atomic E-state index is 0.100. The Balaban J connectivity index is 1.91. The van der Waals surface area contributed by atoms with E-state index in [1.165, 1.54) is 0 Å². The van der Waals surface area contributed by atoms with Gasteiger partial charge in [0, 0.05) is 30.7 Å². The van der Waals surface area contributed by atoms with Gasteiger partial charge in [0.05, 0.1) is 4.90 Å². The molecule has 1 unspecified atom stereocenters. The number of carbonyl (C=O) groups is 1.